The van der Waals surface area contributed by atoms with Crippen molar-refractivity contribution in [2.75, 3.05) is 13.2 Å². The Labute approximate surface area is 336 Å². The van der Waals surface area contributed by atoms with E-state index in [1.807, 2.05) is 13.0 Å². The Kier molecular flexibility index (Phi) is 10.2. The lowest BCUT2D eigenvalue weighted by Gasteiger charge is -2.55. The molecule has 1 aliphatic carbocycles. The molecule has 17 nitrogen and oxygen atoms in total. The molecule has 0 spiro atoms. The average Bonchev–Trinajstić information content (AvgIpc) is 3.89. The molecule has 306 valence electrons. The van der Waals surface area contributed by atoms with E-state index in [2.05, 4.69) is 15.0 Å². The van der Waals surface area contributed by atoms with Gasteiger partial charge in [-0.3, -0.25) is 10.4 Å². The van der Waals surface area contributed by atoms with Crippen LogP contribution in [-0.2, 0) is 22.6 Å². The highest BCUT2D eigenvalue weighted by Gasteiger charge is 2.69. The minimum absolute atomic E-state index is 0.0206. The highest BCUT2D eigenvalue weighted by molar-refractivity contribution is 6.13. The second-order valence-corrected chi connectivity index (χ2v) is 14.6. The number of hydrogen-bond acceptors (Lipinski definition) is 14. The summed E-state index contributed by atoms with van der Waals surface area (Å²) in [6, 6.07) is 13.0. The molecule has 8 rings (SSSR count). The second kappa shape index (κ2) is 15.3. The fourth-order valence-electron chi connectivity index (χ4n) is 7.74. The van der Waals surface area contributed by atoms with Gasteiger partial charge in [0, 0.05) is 24.6 Å². The number of carboxylic acid groups (broad SMARTS) is 1. The molecule has 17 heteroatoms. The van der Waals surface area contributed by atoms with Crippen LogP contribution in [0, 0.1) is 5.92 Å². The Bertz CT molecular complexity index is 2390. The number of phenolic OH excluding ortho intramolecular Hbond substituents is 2. The SMILES string of the molecule is CCc1cc(O)cc(COc2c(OC3OC(C(=O)O)C4(O)C(C5=NC=NC5)C=CC3(O)C4O)cc3c(c2O)C(O)=CC(c2ccc(OCCC4=NC(=[NH2+])C=C4)cc2)O3)c1. The monoisotopic (exact) mass is 809 g/mol. The highest BCUT2D eigenvalue weighted by atomic mass is 16.7. The maximum absolute atomic E-state index is 12.7. The van der Waals surface area contributed by atoms with Crippen LogP contribution in [0.5, 0.6) is 34.5 Å². The maximum atomic E-state index is 12.7. The van der Waals surface area contributed by atoms with Crippen LogP contribution in [0.1, 0.15) is 41.7 Å². The van der Waals surface area contributed by atoms with E-state index in [0.717, 1.165) is 17.4 Å². The summed E-state index contributed by atoms with van der Waals surface area (Å²) in [5.74, 6) is -3.78. The lowest BCUT2D eigenvalue weighted by Crippen LogP contribution is -2.78. The number of aryl methyl sites for hydroxylation is 1. The fraction of sp³-hybridized carbons (Fsp3) is 0.310. The molecule has 0 aromatic heterocycles. The van der Waals surface area contributed by atoms with E-state index < -0.39 is 59.2 Å². The number of ether oxygens (including phenoxy) is 5. The van der Waals surface area contributed by atoms with Gasteiger partial charge in [-0.05, 0) is 64.5 Å². The molecule has 0 amide bonds. The Balaban J connectivity index is 1.12. The molecule has 1 saturated heterocycles. The molecule has 7 atom stereocenters. The van der Waals surface area contributed by atoms with Crippen molar-refractivity contribution < 1.29 is 69.6 Å². The standard InChI is InChI=1S/C42H40N4O13/c1-2-21-13-22(15-25(47)14-21)19-56-36-32(58-40-41(53)11-9-27(28-18-44-20-45-28)42(54,39(41)52)37(59-40)38(50)51)17-31-34(35(36)49)29(48)16-30(57-31)23-3-6-26(7-4-23)55-12-10-24-5-8-33(43)46-24/h3-9,11,13-17,20,27,30,37,39-40,43,47-49,52-54H,2,10,12,18-19H2,1H3,(H,50,51)/p+1. The van der Waals surface area contributed by atoms with Crippen LogP contribution in [0.4, 0.5) is 0 Å². The molecule has 3 aromatic rings. The Morgan fingerprint density at radius 1 is 1.03 bits per heavy atom. The maximum Gasteiger partial charge on any atom is 0.336 e. The van der Waals surface area contributed by atoms with E-state index >= 15 is 0 Å². The Morgan fingerprint density at radius 2 is 1.81 bits per heavy atom. The lowest BCUT2D eigenvalue weighted by molar-refractivity contribution is -0.337. The summed E-state index contributed by atoms with van der Waals surface area (Å²) in [6.07, 6.45) is 2.45. The van der Waals surface area contributed by atoms with Crippen LogP contribution in [0.2, 0.25) is 0 Å². The predicted octanol–water partition coefficient (Wildman–Crippen LogP) is 1.89. The minimum Gasteiger partial charge on any atom is -0.508 e. The first-order valence-electron chi connectivity index (χ1n) is 18.7. The number of phenols is 2. The van der Waals surface area contributed by atoms with Crippen molar-refractivity contribution in [2.45, 2.75) is 62.2 Å². The number of aromatic hydroxyl groups is 2. The van der Waals surface area contributed by atoms with Gasteiger partial charge in [0.15, 0.2) is 28.9 Å². The van der Waals surface area contributed by atoms with Gasteiger partial charge in [-0.1, -0.05) is 31.2 Å². The Morgan fingerprint density at radius 3 is 2.51 bits per heavy atom. The zero-order valence-corrected chi connectivity index (χ0v) is 31.5. The molecule has 0 saturated carbocycles. The first-order chi connectivity index (χ1) is 28.3. The third kappa shape index (κ3) is 7.18. The number of aliphatic carboxylic acids is 1. The van der Waals surface area contributed by atoms with Crippen molar-refractivity contribution in [3.8, 4) is 34.5 Å². The molecule has 7 unspecified atom stereocenters. The van der Waals surface area contributed by atoms with E-state index in [1.54, 1.807) is 42.5 Å². The van der Waals surface area contributed by atoms with Gasteiger partial charge in [0.25, 0.3) is 0 Å². The summed E-state index contributed by atoms with van der Waals surface area (Å²) < 4.78 is 30.1. The largest absolute Gasteiger partial charge is 0.508 e. The molecular formula is C42H41N4O13+. The number of nitrogens with zero attached hydrogens (tertiary/aromatic N) is 3. The third-order valence-electron chi connectivity index (χ3n) is 10.8. The van der Waals surface area contributed by atoms with Crippen LogP contribution < -0.4 is 24.4 Å². The third-order valence-corrected chi connectivity index (χ3v) is 10.8. The summed E-state index contributed by atoms with van der Waals surface area (Å²) in [6.45, 7) is 2.03. The number of aliphatic hydroxyl groups is 4. The van der Waals surface area contributed by atoms with E-state index in [4.69, 9.17) is 29.1 Å². The number of amidine groups is 1. The van der Waals surface area contributed by atoms with Gasteiger partial charge in [-0.25, -0.2) is 9.79 Å². The van der Waals surface area contributed by atoms with Crippen molar-refractivity contribution in [2.24, 2.45) is 20.9 Å². The van der Waals surface area contributed by atoms with Gasteiger partial charge in [0.1, 0.15) is 59.3 Å². The van der Waals surface area contributed by atoms with Crippen molar-refractivity contribution in [3.05, 3.63) is 101 Å². The topological polar surface area (TPSA) is 267 Å². The molecular weight excluding hydrogens is 768 g/mol. The van der Waals surface area contributed by atoms with Gasteiger partial charge < -0.3 is 59.4 Å². The summed E-state index contributed by atoms with van der Waals surface area (Å²) in [5, 5.41) is 84.8. The number of benzene rings is 3. The van der Waals surface area contributed by atoms with Crippen LogP contribution in [0.3, 0.4) is 0 Å². The van der Waals surface area contributed by atoms with Crippen molar-refractivity contribution >= 4 is 35.3 Å². The van der Waals surface area contributed by atoms with E-state index in [1.165, 1.54) is 30.6 Å². The number of nitrogens with two attached hydrogens (primary N) is 1. The van der Waals surface area contributed by atoms with Gasteiger partial charge in [0.05, 0.1) is 24.8 Å². The van der Waals surface area contributed by atoms with Gasteiger partial charge >= 0.3 is 11.8 Å². The molecule has 2 bridgehead atoms. The molecule has 1 fully saturated rings. The number of allylic oxidation sites excluding steroid dienone is 1. The lowest BCUT2D eigenvalue weighted by atomic mass is 9.64. The zero-order chi connectivity index (χ0) is 41.6. The number of aliphatic hydroxyl groups excluding tert-OH is 2. The molecule has 9 N–H and O–H groups in total. The van der Waals surface area contributed by atoms with Crippen molar-refractivity contribution in [1.82, 2.24) is 0 Å². The van der Waals surface area contributed by atoms with Gasteiger partial charge in [-0.15, -0.1) is 0 Å². The number of carboxylic acids is 1. The van der Waals surface area contributed by atoms with Gasteiger partial charge in [0.2, 0.25) is 12.0 Å². The summed E-state index contributed by atoms with van der Waals surface area (Å²) in [5.41, 5.74) is -2.42. The number of aliphatic imine (C=N–C) groups is 3. The molecule has 3 aromatic carbocycles. The average molecular weight is 810 g/mol. The number of rotatable bonds is 13. The summed E-state index contributed by atoms with van der Waals surface area (Å²) in [4.78, 5) is 25.0. The number of hydrogen-bond donors (Lipinski definition) is 8. The van der Waals surface area contributed by atoms with Crippen LogP contribution in [-0.4, -0.2) is 108 Å². The van der Waals surface area contributed by atoms with Crippen molar-refractivity contribution in [1.29, 1.82) is 0 Å². The molecule has 59 heavy (non-hydrogen) atoms. The second-order valence-electron chi connectivity index (χ2n) is 14.6. The summed E-state index contributed by atoms with van der Waals surface area (Å²) in [7, 11) is 0. The van der Waals surface area contributed by atoms with Crippen molar-refractivity contribution in [3.63, 3.8) is 0 Å². The predicted molar refractivity (Wildman–Crippen MR) is 210 cm³/mol. The van der Waals surface area contributed by atoms with Crippen LogP contribution in [0.15, 0.2) is 93.9 Å². The minimum atomic E-state index is -2.62. The zero-order valence-electron chi connectivity index (χ0n) is 31.5. The quantitative estimate of drug-likeness (QED) is 0.115. The van der Waals surface area contributed by atoms with E-state index in [-0.39, 0.29) is 47.4 Å². The highest BCUT2D eigenvalue weighted by Crippen LogP contribution is 2.53. The molecule has 5 aliphatic rings. The molecule has 4 aliphatic heterocycles. The molecule has 4 heterocycles. The smallest absolute Gasteiger partial charge is 0.336 e. The molecule has 0 radical (unpaired) electrons. The normalized spacial score (nSPS) is 27.7. The first kappa shape index (κ1) is 39.3. The first-order valence-corrected chi connectivity index (χ1v) is 18.7. The number of fused-ring (bicyclic) bond motifs is 3. The summed E-state index contributed by atoms with van der Waals surface area (Å²) >= 11 is 0. The van der Waals surface area contributed by atoms with E-state index in [0.29, 0.717) is 42.2 Å². The fourth-order valence-corrected chi connectivity index (χ4v) is 7.74. The van der Waals surface area contributed by atoms with Crippen LogP contribution in [0.25, 0.3) is 5.76 Å². The van der Waals surface area contributed by atoms with E-state index in [9.17, 15) is 40.5 Å². The van der Waals surface area contributed by atoms with Crippen LogP contribution >= 0.6 is 0 Å². The number of carbonyl (C=O) groups is 1. The Hall–Kier alpha value is -6.53. The van der Waals surface area contributed by atoms with Gasteiger partial charge in [-0.2, -0.15) is 0 Å².